The third-order valence-electron chi connectivity index (χ3n) is 2.69. The van der Waals surface area contributed by atoms with E-state index in [-0.39, 0.29) is 0 Å². The molecule has 3 N–H and O–H groups in total. The Balaban J connectivity index is 1.95. The van der Waals surface area contributed by atoms with Crippen LogP contribution < -0.4 is 11.1 Å². The molecule has 76 valence electrons. The fraction of sp³-hybridized carbons (Fsp3) is 0.600. The van der Waals surface area contributed by atoms with Gasteiger partial charge in [-0.1, -0.05) is 0 Å². The zero-order valence-corrected chi connectivity index (χ0v) is 8.24. The molecular formula is C10H16N4. The number of hydrogen-bond acceptors (Lipinski definition) is 4. The highest BCUT2D eigenvalue weighted by Crippen LogP contribution is 2.16. The molecule has 1 aromatic heterocycles. The molecule has 0 radical (unpaired) electrons. The van der Waals surface area contributed by atoms with Crippen molar-refractivity contribution in [3.8, 4) is 0 Å². The van der Waals surface area contributed by atoms with Gasteiger partial charge in [-0.2, -0.15) is 0 Å². The van der Waals surface area contributed by atoms with E-state index < -0.39 is 0 Å². The first-order valence-electron chi connectivity index (χ1n) is 5.13. The first-order chi connectivity index (χ1) is 6.84. The van der Waals surface area contributed by atoms with Crippen LogP contribution in [0.15, 0.2) is 12.3 Å². The molecule has 0 spiro atoms. The normalized spacial score (nSPS) is 18.3. The second kappa shape index (κ2) is 4.37. The van der Waals surface area contributed by atoms with Crippen molar-refractivity contribution < 1.29 is 0 Å². The summed E-state index contributed by atoms with van der Waals surface area (Å²) in [4.78, 5) is 8.10. The molecule has 2 rings (SSSR count). The van der Waals surface area contributed by atoms with Crippen LogP contribution in [0.4, 0.5) is 5.95 Å². The summed E-state index contributed by atoms with van der Waals surface area (Å²) in [5.41, 5.74) is 6.60. The number of nitrogen functional groups attached to an aromatic ring is 1. The van der Waals surface area contributed by atoms with Crippen molar-refractivity contribution in [3.05, 3.63) is 18.0 Å². The molecule has 1 saturated heterocycles. The maximum absolute atomic E-state index is 5.53. The molecule has 4 heteroatoms. The molecule has 0 unspecified atom stereocenters. The van der Waals surface area contributed by atoms with Gasteiger partial charge in [0.25, 0.3) is 0 Å². The summed E-state index contributed by atoms with van der Waals surface area (Å²) in [6.07, 6.45) is 5.25. The van der Waals surface area contributed by atoms with Crippen LogP contribution >= 0.6 is 0 Å². The molecular weight excluding hydrogens is 176 g/mol. The van der Waals surface area contributed by atoms with Gasteiger partial charge in [-0.25, -0.2) is 9.97 Å². The van der Waals surface area contributed by atoms with Gasteiger partial charge >= 0.3 is 0 Å². The minimum Gasteiger partial charge on any atom is -0.368 e. The molecule has 0 aliphatic carbocycles. The second-order valence-electron chi connectivity index (χ2n) is 3.80. The number of rotatable bonds is 2. The van der Waals surface area contributed by atoms with Gasteiger partial charge in [0.05, 0.1) is 0 Å². The van der Waals surface area contributed by atoms with Crippen LogP contribution in [0.3, 0.4) is 0 Å². The smallest absolute Gasteiger partial charge is 0.220 e. The summed E-state index contributed by atoms with van der Waals surface area (Å²) in [6.45, 7) is 2.26. The molecule has 0 saturated carbocycles. The molecule has 1 fully saturated rings. The van der Waals surface area contributed by atoms with Gasteiger partial charge in [0, 0.05) is 11.9 Å². The van der Waals surface area contributed by atoms with Crippen molar-refractivity contribution in [3.63, 3.8) is 0 Å². The van der Waals surface area contributed by atoms with E-state index in [1.807, 2.05) is 6.07 Å². The van der Waals surface area contributed by atoms with Crippen LogP contribution in [-0.4, -0.2) is 23.1 Å². The monoisotopic (exact) mass is 192 g/mol. The van der Waals surface area contributed by atoms with Gasteiger partial charge in [-0.15, -0.1) is 0 Å². The number of aromatic nitrogens is 2. The number of piperidine rings is 1. The topological polar surface area (TPSA) is 63.8 Å². The molecule has 1 aliphatic heterocycles. The van der Waals surface area contributed by atoms with Crippen LogP contribution in [0.5, 0.6) is 0 Å². The Morgan fingerprint density at radius 3 is 2.93 bits per heavy atom. The molecule has 2 heterocycles. The second-order valence-corrected chi connectivity index (χ2v) is 3.80. The van der Waals surface area contributed by atoms with Crippen molar-refractivity contribution in [2.45, 2.75) is 19.3 Å². The van der Waals surface area contributed by atoms with Gasteiger partial charge < -0.3 is 11.1 Å². The molecule has 0 atom stereocenters. The Labute approximate surface area is 83.9 Å². The zero-order valence-electron chi connectivity index (χ0n) is 8.24. The number of anilines is 1. The van der Waals surface area contributed by atoms with Crippen LogP contribution in [0.25, 0.3) is 0 Å². The largest absolute Gasteiger partial charge is 0.368 e. The van der Waals surface area contributed by atoms with Crippen molar-refractivity contribution in [1.82, 2.24) is 15.3 Å². The lowest BCUT2D eigenvalue weighted by atomic mass is 9.93. The summed E-state index contributed by atoms with van der Waals surface area (Å²) in [5.74, 6) is 1.14. The Hall–Kier alpha value is -1.16. The molecule has 1 aliphatic rings. The van der Waals surface area contributed by atoms with E-state index in [9.17, 15) is 0 Å². The predicted molar refractivity (Wildman–Crippen MR) is 55.7 cm³/mol. The molecule has 0 amide bonds. The summed E-state index contributed by atoms with van der Waals surface area (Å²) in [7, 11) is 0. The van der Waals surface area contributed by atoms with Crippen molar-refractivity contribution in [2.24, 2.45) is 5.92 Å². The van der Waals surface area contributed by atoms with Crippen LogP contribution in [0.2, 0.25) is 0 Å². The number of nitrogens with zero attached hydrogens (tertiary/aromatic N) is 2. The third-order valence-corrected chi connectivity index (χ3v) is 2.69. The number of nitrogens with one attached hydrogen (secondary N) is 1. The molecule has 1 aromatic rings. The number of nitrogens with two attached hydrogens (primary N) is 1. The highest BCUT2D eigenvalue weighted by atomic mass is 15.0. The lowest BCUT2D eigenvalue weighted by Gasteiger charge is -2.21. The van der Waals surface area contributed by atoms with Gasteiger partial charge in [-0.3, -0.25) is 0 Å². The fourth-order valence-electron chi connectivity index (χ4n) is 1.91. The third kappa shape index (κ3) is 2.42. The van der Waals surface area contributed by atoms with Gasteiger partial charge in [0.2, 0.25) is 5.95 Å². The first-order valence-corrected chi connectivity index (χ1v) is 5.13. The van der Waals surface area contributed by atoms with E-state index in [2.05, 4.69) is 15.3 Å². The van der Waals surface area contributed by atoms with Crippen molar-refractivity contribution >= 4 is 5.95 Å². The van der Waals surface area contributed by atoms with E-state index in [0.29, 0.717) is 5.95 Å². The SMILES string of the molecule is Nc1nccc(CC2CCNCC2)n1. The Morgan fingerprint density at radius 1 is 1.43 bits per heavy atom. The lowest BCUT2D eigenvalue weighted by molar-refractivity contribution is 0.370. The Morgan fingerprint density at radius 2 is 2.21 bits per heavy atom. The van der Waals surface area contributed by atoms with E-state index in [1.54, 1.807) is 6.20 Å². The quantitative estimate of drug-likeness (QED) is 0.720. The van der Waals surface area contributed by atoms with E-state index in [0.717, 1.165) is 31.1 Å². The number of hydrogen-bond donors (Lipinski definition) is 2. The minimum absolute atomic E-state index is 0.386. The summed E-state index contributed by atoms with van der Waals surface area (Å²) in [6, 6.07) is 1.96. The van der Waals surface area contributed by atoms with Crippen LogP contribution in [-0.2, 0) is 6.42 Å². The average molecular weight is 192 g/mol. The molecule has 0 aromatic carbocycles. The minimum atomic E-state index is 0.386. The fourth-order valence-corrected chi connectivity index (χ4v) is 1.91. The predicted octanol–water partition coefficient (Wildman–Crippen LogP) is 0.601. The average Bonchev–Trinajstić information content (AvgIpc) is 2.19. The van der Waals surface area contributed by atoms with Crippen molar-refractivity contribution in [2.75, 3.05) is 18.8 Å². The van der Waals surface area contributed by atoms with Crippen molar-refractivity contribution in [1.29, 1.82) is 0 Å². The van der Waals surface area contributed by atoms with E-state index >= 15 is 0 Å². The molecule has 0 bridgehead atoms. The van der Waals surface area contributed by atoms with Gasteiger partial charge in [-0.05, 0) is 44.3 Å². The maximum Gasteiger partial charge on any atom is 0.220 e. The summed E-state index contributed by atoms with van der Waals surface area (Å²) in [5, 5.41) is 3.35. The Kier molecular flexibility index (Phi) is 2.93. The van der Waals surface area contributed by atoms with E-state index in [1.165, 1.54) is 12.8 Å². The standard InChI is InChI=1S/C10H16N4/c11-10-13-6-3-9(14-10)7-8-1-4-12-5-2-8/h3,6,8,12H,1-2,4-5,7H2,(H2,11,13,14). The lowest BCUT2D eigenvalue weighted by Crippen LogP contribution is -2.28. The highest BCUT2D eigenvalue weighted by molar-refractivity contribution is 5.17. The molecule has 4 nitrogen and oxygen atoms in total. The molecule has 14 heavy (non-hydrogen) atoms. The summed E-state index contributed by atoms with van der Waals surface area (Å²) < 4.78 is 0. The summed E-state index contributed by atoms with van der Waals surface area (Å²) >= 11 is 0. The van der Waals surface area contributed by atoms with Crippen LogP contribution in [0.1, 0.15) is 18.5 Å². The maximum atomic E-state index is 5.53. The van der Waals surface area contributed by atoms with E-state index in [4.69, 9.17) is 5.73 Å². The van der Waals surface area contributed by atoms with Gasteiger partial charge in [0.15, 0.2) is 0 Å². The van der Waals surface area contributed by atoms with Crippen LogP contribution in [0, 0.1) is 5.92 Å². The first kappa shape index (κ1) is 9.40. The Bertz CT molecular complexity index is 294. The van der Waals surface area contributed by atoms with Gasteiger partial charge in [0.1, 0.15) is 0 Å². The zero-order chi connectivity index (χ0) is 9.80. The highest BCUT2D eigenvalue weighted by Gasteiger charge is 2.13.